The maximum atomic E-state index is 12.3. The summed E-state index contributed by atoms with van der Waals surface area (Å²) >= 11 is 1.54. The van der Waals surface area contributed by atoms with Gasteiger partial charge in [-0.2, -0.15) is 0 Å². The van der Waals surface area contributed by atoms with E-state index in [-0.39, 0.29) is 11.8 Å². The fourth-order valence-corrected chi connectivity index (χ4v) is 3.82. The molecule has 28 heavy (non-hydrogen) atoms. The third-order valence-electron chi connectivity index (χ3n) is 4.53. The molecule has 2 aromatic rings. The van der Waals surface area contributed by atoms with Gasteiger partial charge in [0.2, 0.25) is 5.91 Å². The molecule has 0 spiro atoms. The highest BCUT2D eigenvalue weighted by Gasteiger charge is 2.14. The van der Waals surface area contributed by atoms with Crippen molar-refractivity contribution in [2.75, 3.05) is 36.9 Å². The van der Waals surface area contributed by atoms with Crippen molar-refractivity contribution in [1.82, 2.24) is 4.90 Å². The second-order valence-electron chi connectivity index (χ2n) is 6.86. The minimum absolute atomic E-state index is 0.0825. The second kappa shape index (κ2) is 10.9. The van der Waals surface area contributed by atoms with E-state index in [9.17, 15) is 9.59 Å². The normalized spacial score (nSPS) is 10.6. The zero-order chi connectivity index (χ0) is 20.5. The van der Waals surface area contributed by atoms with Crippen LogP contribution in [0.2, 0.25) is 0 Å². The Morgan fingerprint density at radius 1 is 1.04 bits per heavy atom. The molecule has 0 fully saturated rings. The largest absolute Gasteiger partial charge is 0.385 e. The lowest BCUT2D eigenvalue weighted by atomic mass is 10.2. The van der Waals surface area contributed by atoms with Crippen LogP contribution in [0.25, 0.3) is 0 Å². The fraction of sp³-hybridized carbons (Fsp3) is 0.455. The topological polar surface area (TPSA) is 52.7 Å². The van der Waals surface area contributed by atoms with Crippen LogP contribution in [0, 0.1) is 6.92 Å². The van der Waals surface area contributed by atoms with Crippen LogP contribution in [0.5, 0.6) is 0 Å². The van der Waals surface area contributed by atoms with Crippen LogP contribution in [0.4, 0.5) is 11.4 Å². The molecule has 0 aliphatic rings. The molecule has 2 amide bonds. The van der Waals surface area contributed by atoms with Gasteiger partial charge < -0.3 is 15.1 Å². The lowest BCUT2D eigenvalue weighted by molar-refractivity contribution is -0.118. The molecule has 6 heteroatoms. The third kappa shape index (κ3) is 6.09. The Hall–Kier alpha value is -2.34. The van der Waals surface area contributed by atoms with Crippen LogP contribution in [0.15, 0.2) is 36.4 Å². The van der Waals surface area contributed by atoms with E-state index < -0.39 is 0 Å². The molecule has 152 valence electrons. The average molecular weight is 402 g/mol. The molecular weight excluding hydrogens is 370 g/mol. The van der Waals surface area contributed by atoms with E-state index in [1.807, 2.05) is 62.2 Å². The van der Waals surface area contributed by atoms with Gasteiger partial charge in [0.25, 0.3) is 5.91 Å². The summed E-state index contributed by atoms with van der Waals surface area (Å²) in [6.07, 6.45) is 2.31. The summed E-state index contributed by atoms with van der Waals surface area (Å²) < 4.78 is 0. The maximum absolute atomic E-state index is 12.3. The molecule has 0 radical (unpaired) electrons. The Balaban J connectivity index is 1.80. The number of hydrogen-bond donors (Lipinski definition) is 1. The van der Waals surface area contributed by atoms with Crippen molar-refractivity contribution in [3.8, 4) is 0 Å². The van der Waals surface area contributed by atoms with Crippen molar-refractivity contribution < 1.29 is 9.59 Å². The van der Waals surface area contributed by atoms with Crippen LogP contribution in [-0.4, -0.2) is 43.4 Å². The van der Waals surface area contributed by atoms with Crippen LogP contribution < -0.4 is 10.2 Å². The second-order valence-corrected chi connectivity index (χ2v) is 8.15. The molecule has 0 aliphatic carbocycles. The zero-order valence-electron chi connectivity index (χ0n) is 17.3. The van der Waals surface area contributed by atoms with E-state index in [2.05, 4.69) is 12.2 Å². The molecule has 0 saturated heterocycles. The van der Waals surface area contributed by atoms with Crippen LogP contribution in [-0.2, 0) is 4.79 Å². The first-order valence-corrected chi connectivity index (χ1v) is 10.7. The SMILES string of the molecule is CCCN(C(=O)CC)c1ccc(NCCCN(C)C(=O)c2ccc(C)s2)cc1. The Labute approximate surface area is 172 Å². The average Bonchev–Trinajstić information content (AvgIpc) is 3.15. The number of nitrogens with zero attached hydrogens (tertiary/aromatic N) is 2. The number of hydrogen-bond acceptors (Lipinski definition) is 4. The molecule has 0 saturated carbocycles. The predicted octanol–water partition coefficient (Wildman–Crippen LogP) is 4.78. The Morgan fingerprint density at radius 3 is 2.32 bits per heavy atom. The molecule has 0 atom stereocenters. The van der Waals surface area contributed by atoms with E-state index in [0.717, 1.165) is 47.1 Å². The van der Waals surface area contributed by atoms with Crippen molar-refractivity contribution in [2.24, 2.45) is 0 Å². The molecule has 2 rings (SSSR count). The predicted molar refractivity (Wildman–Crippen MR) is 119 cm³/mol. The van der Waals surface area contributed by atoms with E-state index in [4.69, 9.17) is 0 Å². The van der Waals surface area contributed by atoms with Gasteiger partial charge in [0, 0.05) is 49.4 Å². The molecular formula is C22H31N3O2S. The summed E-state index contributed by atoms with van der Waals surface area (Å²) in [7, 11) is 1.85. The summed E-state index contributed by atoms with van der Waals surface area (Å²) in [5, 5.41) is 3.39. The number of benzene rings is 1. The maximum Gasteiger partial charge on any atom is 0.263 e. The molecule has 1 heterocycles. The van der Waals surface area contributed by atoms with Crippen molar-refractivity contribution in [3.05, 3.63) is 46.2 Å². The Morgan fingerprint density at radius 2 is 1.75 bits per heavy atom. The molecule has 0 bridgehead atoms. The minimum Gasteiger partial charge on any atom is -0.385 e. The summed E-state index contributed by atoms with van der Waals surface area (Å²) in [6.45, 7) is 8.21. The van der Waals surface area contributed by atoms with Crippen LogP contribution in [0.1, 0.15) is 47.7 Å². The van der Waals surface area contributed by atoms with Gasteiger partial charge in [0.1, 0.15) is 0 Å². The number of thiophene rings is 1. The summed E-state index contributed by atoms with van der Waals surface area (Å²) in [6, 6.07) is 11.9. The summed E-state index contributed by atoms with van der Waals surface area (Å²) in [4.78, 5) is 30.0. The van der Waals surface area contributed by atoms with Crippen LogP contribution in [0.3, 0.4) is 0 Å². The molecule has 0 unspecified atom stereocenters. The first-order valence-electron chi connectivity index (χ1n) is 9.92. The highest BCUT2D eigenvalue weighted by Crippen LogP contribution is 2.20. The first kappa shape index (κ1) is 22.0. The van der Waals surface area contributed by atoms with Gasteiger partial charge in [-0.15, -0.1) is 11.3 Å². The van der Waals surface area contributed by atoms with Gasteiger partial charge in [0.15, 0.2) is 0 Å². The van der Waals surface area contributed by atoms with Gasteiger partial charge in [0.05, 0.1) is 4.88 Å². The standard InChI is InChI=1S/C22H31N3O2S/c1-5-15-25(21(26)6-2)19-11-9-18(10-12-19)23-14-7-16-24(4)22(27)20-13-8-17(3)28-20/h8-13,23H,5-7,14-16H2,1-4H3. The number of rotatable bonds is 10. The summed E-state index contributed by atoms with van der Waals surface area (Å²) in [5.74, 6) is 0.232. The first-order chi connectivity index (χ1) is 13.5. The minimum atomic E-state index is 0.0825. The lowest BCUT2D eigenvalue weighted by Crippen LogP contribution is -2.30. The van der Waals surface area contributed by atoms with Crippen molar-refractivity contribution in [3.63, 3.8) is 0 Å². The summed E-state index contributed by atoms with van der Waals surface area (Å²) in [5.41, 5.74) is 1.96. The number of aryl methyl sites for hydroxylation is 1. The lowest BCUT2D eigenvalue weighted by Gasteiger charge is -2.22. The smallest absolute Gasteiger partial charge is 0.263 e. The number of amides is 2. The van der Waals surface area contributed by atoms with Crippen LogP contribution >= 0.6 is 11.3 Å². The van der Waals surface area contributed by atoms with Gasteiger partial charge in [-0.1, -0.05) is 13.8 Å². The van der Waals surface area contributed by atoms with E-state index in [0.29, 0.717) is 13.0 Å². The third-order valence-corrected chi connectivity index (χ3v) is 5.52. The zero-order valence-corrected chi connectivity index (χ0v) is 18.1. The number of anilines is 2. The van der Waals surface area contributed by atoms with E-state index in [1.165, 1.54) is 11.3 Å². The van der Waals surface area contributed by atoms with Crippen molar-refractivity contribution in [1.29, 1.82) is 0 Å². The highest BCUT2D eigenvalue weighted by atomic mass is 32.1. The Kier molecular flexibility index (Phi) is 8.51. The molecule has 5 nitrogen and oxygen atoms in total. The van der Waals surface area contributed by atoms with Gasteiger partial charge in [-0.05, 0) is 56.2 Å². The Bertz CT molecular complexity index is 770. The number of carbonyl (C=O) groups excluding carboxylic acids is 2. The van der Waals surface area contributed by atoms with E-state index >= 15 is 0 Å². The van der Waals surface area contributed by atoms with Crippen molar-refractivity contribution in [2.45, 2.75) is 40.0 Å². The van der Waals surface area contributed by atoms with E-state index in [1.54, 1.807) is 4.90 Å². The molecule has 1 aromatic carbocycles. The monoisotopic (exact) mass is 401 g/mol. The quantitative estimate of drug-likeness (QED) is 0.583. The fourth-order valence-electron chi connectivity index (χ4n) is 2.96. The molecule has 1 N–H and O–H groups in total. The van der Waals surface area contributed by atoms with Gasteiger partial charge in [-0.3, -0.25) is 9.59 Å². The van der Waals surface area contributed by atoms with Gasteiger partial charge in [-0.25, -0.2) is 0 Å². The number of carbonyl (C=O) groups is 2. The van der Waals surface area contributed by atoms with Gasteiger partial charge >= 0.3 is 0 Å². The highest BCUT2D eigenvalue weighted by molar-refractivity contribution is 7.13. The molecule has 0 aliphatic heterocycles. The number of nitrogens with one attached hydrogen (secondary N) is 1. The molecule has 1 aromatic heterocycles. The van der Waals surface area contributed by atoms with Crippen molar-refractivity contribution >= 4 is 34.5 Å².